The van der Waals surface area contributed by atoms with Crippen molar-refractivity contribution in [3.63, 3.8) is 0 Å². The predicted octanol–water partition coefficient (Wildman–Crippen LogP) is 4.81. The molecule has 0 aromatic heterocycles. The van der Waals surface area contributed by atoms with E-state index < -0.39 is 0 Å². The molecule has 120 valence electrons. The molecule has 0 aliphatic heterocycles. The molecule has 0 radical (unpaired) electrons. The number of methoxy groups -OCH3 is 2. The minimum Gasteiger partial charge on any atom is -0.496 e. The van der Waals surface area contributed by atoms with Crippen LogP contribution < -0.4 is 9.47 Å². The van der Waals surface area contributed by atoms with Crippen molar-refractivity contribution >= 4 is 0 Å². The molecule has 0 atom stereocenters. The standard InChI is InChI=1S/C19H27NO2/c1-13(9-7-8-12-20)10-11-17-16(4)18(21-5)14(2)15(3)19(17)22-6/h10H,7-9,11H2,1-6H3/b13-10-. The van der Waals surface area contributed by atoms with E-state index >= 15 is 0 Å². The molecule has 0 aliphatic rings. The minimum atomic E-state index is 0.616. The Morgan fingerprint density at radius 3 is 2.18 bits per heavy atom. The van der Waals surface area contributed by atoms with Crippen molar-refractivity contribution in [1.82, 2.24) is 0 Å². The maximum absolute atomic E-state index is 8.61. The third-order valence-electron chi connectivity index (χ3n) is 4.23. The maximum Gasteiger partial charge on any atom is 0.126 e. The SMILES string of the molecule is COc1c(C)c(C)c(OC)c(C/C=C(/C)CCCC#N)c1C. The van der Waals surface area contributed by atoms with Crippen molar-refractivity contribution in [2.75, 3.05) is 14.2 Å². The topological polar surface area (TPSA) is 42.2 Å². The van der Waals surface area contributed by atoms with Crippen molar-refractivity contribution in [2.24, 2.45) is 0 Å². The summed E-state index contributed by atoms with van der Waals surface area (Å²) >= 11 is 0. The van der Waals surface area contributed by atoms with Gasteiger partial charge in [0.15, 0.2) is 0 Å². The highest BCUT2D eigenvalue weighted by Gasteiger charge is 2.17. The molecule has 0 saturated heterocycles. The molecule has 0 saturated carbocycles. The molecule has 3 nitrogen and oxygen atoms in total. The fraction of sp³-hybridized carbons (Fsp3) is 0.526. The molecule has 0 amide bonds. The molecule has 1 rings (SSSR count). The molecular weight excluding hydrogens is 274 g/mol. The largest absolute Gasteiger partial charge is 0.496 e. The van der Waals surface area contributed by atoms with Crippen LogP contribution in [0, 0.1) is 32.1 Å². The van der Waals surface area contributed by atoms with E-state index in [4.69, 9.17) is 14.7 Å². The van der Waals surface area contributed by atoms with Crippen LogP contribution >= 0.6 is 0 Å². The summed E-state index contributed by atoms with van der Waals surface area (Å²) in [5, 5.41) is 8.61. The molecule has 0 heterocycles. The first-order valence-corrected chi connectivity index (χ1v) is 7.71. The minimum absolute atomic E-state index is 0.616. The number of benzene rings is 1. The van der Waals surface area contributed by atoms with Gasteiger partial charge in [0.25, 0.3) is 0 Å². The second-order valence-corrected chi connectivity index (χ2v) is 5.69. The highest BCUT2D eigenvalue weighted by atomic mass is 16.5. The van der Waals surface area contributed by atoms with E-state index in [9.17, 15) is 0 Å². The molecule has 0 fully saturated rings. The predicted molar refractivity (Wildman–Crippen MR) is 90.7 cm³/mol. The van der Waals surface area contributed by atoms with E-state index in [0.717, 1.165) is 47.5 Å². The molecule has 1 aromatic rings. The number of hydrogen-bond donors (Lipinski definition) is 0. The van der Waals surface area contributed by atoms with Gasteiger partial charge >= 0.3 is 0 Å². The van der Waals surface area contributed by atoms with Crippen LogP contribution in [0.15, 0.2) is 11.6 Å². The number of unbranched alkanes of at least 4 members (excludes halogenated alkanes) is 1. The maximum atomic E-state index is 8.61. The lowest BCUT2D eigenvalue weighted by atomic mass is 9.94. The number of allylic oxidation sites excluding steroid dienone is 2. The van der Waals surface area contributed by atoms with Crippen molar-refractivity contribution in [2.45, 2.75) is 53.4 Å². The van der Waals surface area contributed by atoms with E-state index in [1.54, 1.807) is 14.2 Å². The van der Waals surface area contributed by atoms with E-state index in [-0.39, 0.29) is 0 Å². The van der Waals surface area contributed by atoms with Gasteiger partial charge in [0, 0.05) is 12.0 Å². The summed E-state index contributed by atoms with van der Waals surface area (Å²) in [6.45, 7) is 8.35. The molecule has 1 aromatic carbocycles. The zero-order valence-corrected chi connectivity index (χ0v) is 14.7. The van der Waals surface area contributed by atoms with Crippen LogP contribution in [0.25, 0.3) is 0 Å². The van der Waals surface area contributed by atoms with Crippen molar-refractivity contribution < 1.29 is 9.47 Å². The summed E-state index contributed by atoms with van der Waals surface area (Å²) in [4.78, 5) is 0. The number of ether oxygens (including phenoxy) is 2. The van der Waals surface area contributed by atoms with Gasteiger partial charge in [-0.2, -0.15) is 5.26 Å². The molecule has 0 bridgehead atoms. The molecule has 0 aliphatic carbocycles. The second-order valence-electron chi connectivity index (χ2n) is 5.69. The van der Waals surface area contributed by atoms with Gasteiger partial charge in [0.2, 0.25) is 0 Å². The Kier molecular flexibility index (Phi) is 6.98. The van der Waals surface area contributed by atoms with E-state index in [0.29, 0.717) is 6.42 Å². The zero-order valence-electron chi connectivity index (χ0n) is 14.7. The molecule has 0 N–H and O–H groups in total. The van der Waals surface area contributed by atoms with Crippen LogP contribution in [-0.4, -0.2) is 14.2 Å². The summed E-state index contributed by atoms with van der Waals surface area (Å²) in [5.74, 6) is 1.90. The molecule has 0 unspecified atom stereocenters. The summed E-state index contributed by atoms with van der Waals surface area (Å²) in [6, 6.07) is 2.19. The first kappa shape index (κ1) is 18.1. The van der Waals surface area contributed by atoms with Crippen LogP contribution in [0.5, 0.6) is 11.5 Å². The van der Waals surface area contributed by atoms with Gasteiger partial charge in [-0.05, 0) is 63.6 Å². The Morgan fingerprint density at radius 2 is 1.64 bits per heavy atom. The summed E-state index contributed by atoms with van der Waals surface area (Å²) in [5.41, 5.74) is 5.91. The molecule has 3 heteroatoms. The van der Waals surface area contributed by atoms with Gasteiger partial charge in [0.1, 0.15) is 11.5 Å². The van der Waals surface area contributed by atoms with Crippen LogP contribution in [0.3, 0.4) is 0 Å². The number of nitrogens with zero attached hydrogens (tertiary/aromatic N) is 1. The highest BCUT2D eigenvalue weighted by molar-refractivity contribution is 5.58. The Labute approximate surface area is 134 Å². The van der Waals surface area contributed by atoms with Crippen LogP contribution in [0.2, 0.25) is 0 Å². The van der Waals surface area contributed by atoms with E-state index in [1.807, 2.05) is 0 Å². The smallest absolute Gasteiger partial charge is 0.126 e. The lowest BCUT2D eigenvalue weighted by Crippen LogP contribution is -2.03. The van der Waals surface area contributed by atoms with Crippen molar-refractivity contribution in [1.29, 1.82) is 5.26 Å². The second kappa shape index (κ2) is 8.48. The Morgan fingerprint density at radius 1 is 1.05 bits per heavy atom. The number of hydrogen-bond acceptors (Lipinski definition) is 3. The molecular formula is C19H27NO2. The first-order valence-electron chi connectivity index (χ1n) is 7.71. The number of rotatable bonds is 7. The Balaban J connectivity index is 3.11. The summed E-state index contributed by atoms with van der Waals surface area (Å²) < 4.78 is 11.2. The molecule has 22 heavy (non-hydrogen) atoms. The van der Waals surface area contributed by atoms with Crippen LogP contribution in [0.4, 0.5) is 0 Å². The number of nitriles is 1. The summed E-state index contributed by atoms with van der Waals surface area (Å²) in [7, 11) is 3.44. The fourth-order valence-corrected chi connectivity index (χ4v) is 2.81. The highest BCUT2D eigenvalue weighted by Crippen LogP contribution is 2.38. The normalized spacial score (nSPS) is 11.2. The van der Waals surface area contributed by atoms with Crippen molar-refractivity contribution in [3.05, 3.63) is 33.9 Å². The third-order valence-corrected chi connectivity index (χ3v) is 4.23. The lowest BCUT2D eigenvalue weighted by Gasteiger charge is -2.20. The van der Waals surface area contributed by atoms with Gasteiger partial charge in [0.05, 0.1) is 20.3 Å². The monoisotopic (exact) mass is 301 g/mol. The first-order chi connectivity index (χ1) is 10.5. The van der Waals surface area contributed by atoms with E-state index in [1.165, 1.54) is 11.1 Å². The average molecular weight is 301 g/mol. The van der Waals surface area contributed by atoms with Gasteiger partial charge in [-0.3, -0.25) is 0 Å². The van der Waals surface area contributed by atoms with Gasteiger partial charge in [-0.25, -0.2) is 0 Å². The van der Waals surface area contributed by atoms with Crippen LogP contribution in [0.1, 0.15) is 48.4 Å². The fourth-order valence-electron chi connectivity index (χ4n) is 2.81. The lowest BCUT2D eigenvalue weighted by molar-refractivity contribution is 0.391. The third kappa shape index (κ3) is 4.04. The van der Waals surface area contributed by atoms with Crippen LogP contribution in [-0.2, 0) is 6.42 Å². The van der Waals surface area contributed by atoms with Gasteiger partial charge in [-0.15, -0.1) is 0 Å². The Bertz CT molecular complexity index is 595. The average Bonchev–Trinajstić information content (AvgIpc) is 2.50. The molecule has 0 spiro atoms. The van der Waals surface area contributed by atoms with Gasteiger partial charge in [-0.1, -0.05) is 11.6 Å². The zero-order chi connectivity index (χ0) is 16.7. The quantitative estimate of drug-likeness (QED) is 0.536. The van der Waals surface area contributed by atoms with Gasteiger partial charge < -0.3 is 9.47 Å². The Hall–Kier alpha value is -1.95. The van der Waals surface area contributed by atoms with E-state index in [2.05, 4.69) is 39.8 Å². The summed E-state index contributed by atoms with van der Waals surface area (Å²) in [6.07, 6.45) is 5.56. The van der Waals surface area contributed by atoms with Crippen molar-refractivity contribution in [3.8, 4) is 17.6 Å².